The topological polar surface area (TPSA) is 57.5 Å². The Morgan fingerprint density at radius 2 is 2.00 bits per heavy atom. The lowest BCUT2D eigenvalue weighted by atomic mass is 9.63. The quantitative estimate of drug-likeness (QED) is 0.757. The number of rotatable bonds is 3. The van der Waals surface area contributed by atoms with Crippen LogP contribution in [0.15, 0.2) is 0 Å². The number of carbonyl (C=O) groups is 1. The molecule has 1 fully saturated rings. The van der Waals surface area contributed by atoms with Crippen LogP contribution in [-0.4, -0.2) is 22.3 Å². The maximum Gasteiger partial charge on any atom is 0.305 e. The van der Waals surface area contributed by atoms with Gasteiger partial charge in [-0.2, -0.15) is 0 Å². The van der Waals surface area contributed by atoms with Crippen molar-refractivity contribution >= 4 is 5.97 Å². The van der Waals surface area contributed by atoms with Crippen LogP contribution in [0.4, 0.5) is 0 Å². The first kappa shape index (κ1) is 12.5. The second kappa shape index (κ2) is 3.78. The maximum atomic E-state index is 10.6. The van der Waals surface area contributed by atoms with Crippen LogP contribution in [0, 0.1) is 16.7 Å². The normalized spacial score (nSPS) is 36.5. The van der Waals surface area contributed by atoms with Gasteiger partial charge in [-0.25, -0.2) is 0 Å². The fraction of sp³-hybridized carbons (Fsp3) is 0.917. The van der Waals surface area contributed by atoms with Gasteiger partial charge in [0.15, 0.2) is 0 Å². The summed E-state index contributed by atoms with van der Waals surface area (Å²) in [5.74, 6) is -0.384. The van der Waals surface area contributed by atoms with E-state index < -0.39 is 12.1 Å². The molecule has 0 spiro atoms. The molecule has 1 saturated carbocycles. The van der Waals surface area contributed by atoms with Crippen molar-refractivity contribution in [2.75, 3.05) is 0 Å². The molecule has 0 aromatic carbocycles. The molecule has 0 radical (unpaired) electrons. The van der Waals surface area contributed by atoms with Gasteiger partial charge in [-0.1, -0.05) is 27.7 Å². The van der Waals surface area contributed by atoms with Crippen molar-refractivity contribution in [3.63, 3.8) is 0 Å². The first-order valence-electron chi connectivity index (χ1n) is 5.61. The van der Waals surface area contributed by atoms with Crippen LogP contribution in [0.5, 0.6) is 0 Å². The lowest BCUT2D eigenvalue weighted by Gasteiger charge is -2.44. The average Bonchev–Trinajstić information content (AvgIpc) is 2.29. The van der Waals surface area contributed by atoms with E-state index in [0.717, 1.165) is 12.8 Å². The van der Waals surface area contributed by atoms with Gasteiger partial charge in [0, 0.05) is 0 Å². The van der Waals surface area contributed by atoms with Gasteiger partial charge < -0.3 is 10.2 Å². The molecular weight excluding hydrogens is 192 g/mol. The number of hydrogen-bond donors (Lipinski definition) is 2. The highest BCUT2D eigenvalue weighted by molar-refractivity contribution is 5.67. The standard InChI is InChI=1S/C12H22O3/c1-8-5-6-12(4,11(8,2)3)9(13)7-10(14)15/h8-9,13H,5-7H2,1-4H3,(H,14,15). The lowest BCUT2D eigenvalue weighted by Crippen LogP contribution is -2.43. The van der Waals surface area contributed by atoms with Gasteiger partial charge in [0.1, 0.15) is 0 Å². The van der Waals surface area contributed by atoms with E-state index in [-0.39, 0.29) is 17.3 Å². The van der Waals surface area contributed by atoms with Gasteiger partial charge in [-0.15, -0.1) is 0 Å². The van der Waals surface area contributed by atoms with E-state index in [2.05, 4.69) is 20.8 Å². The number of aliphatic hydroxyl groups excluding tert-OH is 1. The second-order valence-electron chi connectivity index (χ2n) is 5.69. The molecule has 1 aliphatic carbocycles. The summed E-state index contributed by atoms with van der Waals surface area (Å²) in [5, 5.41) is 18.8. The summed E-state index contributed by atoms with van der Waals surface area (Å²) in [7, 11) is 0. The van der Waals surface area contributed by atoms with Crippen LogP contribution in [0.25, 0.3) is 0 Å². The van der Waals surface area contributed by atoms with Gasteiger partial charge in [0.05, 0.1) is 12.5 Å². The van der Waals surface area contributed by atoms with Gasteiger partial charge in [-0.3, -0.25) is 4.79 Å². The third-order valence-electron chi connectivity index (χ3n) is 4.90. The van der Waals surface area contributed by atoms with Crippen LogP contribution >= 0.6 is 0 Å². The van der Waals surface area contributed by atoms with E-state index >= 15 is 0 Å². The zero-order valence-corrected chi connectivity index (χ0v) is 10.1. The number of aliphatic carboxylic acids is 1. The number of aliphatic hydroxyl groups is 1. The van der Waals surface area contributed by atoms with Crippen molar-refractivity contribution in [3.05, 3.63) is 0 Å². The van der Waals surface area contributed by atoms with Gasteiger partial charge in [-0.05, 0) is 29.6 Å². The third-order valence-corrected chi connectivity index (χ3v) is 4.90. The molecule has 15 heavy (non-hydrogen) atoms. The Hall–Kier alpha value is -0.570. The molecule has 3 unspecified atom stereocenters. The van der Waals surface area contributed by atoms with Gasteiger partial charge >= 0.3 is 5.97 Å². The summed E-state index contributed by atoms with van der Waals surface area (Å²) in [6.07, 6.45) is 1.09. The maximum absolute atomic E-state index is 10.6. The molecule has 0 aromatic heterocycles. The molecular formula is C12H22O3. The molecule has 88 valence electrons. The Morgan fingerprint density at radius 3 is 2.33 bits per heavy atom. The molecule has 0 aromatic rings. The Morgan fingerprint density at radius 1 is 1.47 bits per heavy atom. The summed E-state index contributed by atoms with van der Waals surface area (Å²) in [5.41, 5.74) is -0.271. The highest BCUT2D eigenvalue weighted by atomic mass is 16.4. The third kappa shape index (κ3) is 1.89. The Balaban J connectivity index is 2.87. The summed E-state index contributed by atoms with van der Waals surface area (Å²) in [4.78, 5) is 10.6. The number of hydrogen-bond acceptors (Lipinski definition) is 2. The van der Waals surface area contributed by atoms with E-state index in [4.69, 9.17) is 5.11 Å². The molecule has 1 rings (SSSR count). The summed E-state index contributed by atoms with van der Waals surface area (Å²) in [6.45, 7) is 8.47. The van der Waals surface area contributed by atoms with Crippen LogP contribution in [-0.2, 0) is 4.79 Å². The first-order valence-corrected chi connectivity index (χ1v) is 5.61. The molecule has 3 nitrogen and oxygen atoms in total. The molecule has 0 aliphatic heterocycles. The van der Waals surface area contributed by atoms with E-state index in [9.17, 15) is 9.90 Å². The molecule has 2 N–H and O–H groups in total. The Bertz CT molecular complexity index is 260. The molecule has 0 bridgehead atoms. The minimum Gasteiger partial charge on any atom is -0.481 e. The first-order chi connectivity index (χ1) is 6.72. The predicted octanol–water partition coefficient (Wildman–Crippen LogP) is 2.28. The fourth-order valence-corrected chi connectivity index (χ4v) is 2.75. The Labute approximate surface area is 91.5 Å². The minimum absolute atomic E-state index is 0.00185. The SMILES string of the molecule is CC1CCC(C)(C(O)CC(=O)O)C1(C)C. The van der Waals surface area contributed by atoms with Crippen molar-refractivity contribution in [3.8, 4) is 0 Å². The zero-order chi connectivity index (χ0) is 11.9. The monoisotopic (exact) mass is 214 g/mol. The predicted molar refractivity (Wildman–Crippen MR) is 58.5 cm³/mol. The van der Waals surface area contributed by atoms with E-state index in [1.165, 1.54) is 0 Å². The smallest absolute Gasteiger partial charge is 0.305 e. The van der Waals surface area contributed by atoms with Crippen molar-refractivity contribution in [1.29, 1.82) is 0 Å². The molecule has 0 amide bonds. The Kier molecular flexibility index (Phi) is 3.15. The van der Waals surface area contributed by atoms with Crippen molar-refractivity contribution < 1.29 is 15.0 Å². The zero-order valence-electron chi connectivity index (χ0n) is 10.1. The summed E-state index contributed by atoms with van der Waals surface area (Å²) in [6, 6.07) is 0. The molecule has 1 aliphatic rings. The van der Waals surface area contributed by atoms with Crippen LogP contribution in [0.1, 0.15) is 47.0 Å². The minimum atomic E-state index is -0.918. The van der Waals surface area contributed by atoms with Crippen molar-refractivity contribution in [2.24, 2.45) is 16.7 Å². The van der Waals surface area contributed by atoms with E-state index in [0.29, 0.717) is 5.92 Å². The van der Waals surface area contributed by atoms with E-state index in [1.54, 1.807) is 0 Å². The van der Waals surface area contributed by atoms with Gasteiger partial charge in [0.2, 0.25) is 0 Å². The van der Waals surface area contributed by atoms with Crippen LogP contribution < -0.4 is 0 Å². The van der Waals surface area contributed by atoms with E-state index in [1.807, 2.05) is 6.92 Å². The largest absolute Gasteiger partial charge is 0.481 e. The van der Waals surface area contributed by atoms with Crippen LogP contribution in [0.3, 0.4) is 0 Å². The summed E-state index contributed by atoms with van der Waals surface area (Å²) < 4.78 is 0. The van der Waals surface area contributed by atoms with Crippen molar-refractivity contribution in [2.45, 2.75) is 53.1 Å². The number of carboxylic acids is 1. The van der Waals surface area contributed by atoms with Crippen molar-refractivity contribution in [1.82, 2.24) is 0 Å². The fourth-order valence-electron chi connectivity index (χ4n) is 2.75. The highest BCUT2D eigenvalue weighted by Gasteiger charge is 2.53. The lowest BCUT2D eigenvalue weighted by molar-refractivity contribution is -0.143. The highest BCUT2D eigenvalue weighted by Crippen LogP contribution is 2.57. The molecule has 0 heterocycles. The van der Waals surface area contributed by atoms with Gasteiger partial charge in [0.25, 0.3) is 0 Å². The molecule has 3 atom stereocenters. The molecule has 3 heteroatoms. The van der Waals surface area contributed by atoms with Crippen LogP contribution in [0.2, 0.25) is 0 Å². The number of carboxylic acid groups (broad SMARTS) is 1. The second-order valence-corrected chi connectivity index (χ2v) is 5.69. The average molecular weight is 214 g/mol. The molecule has 0 saturated heterocycles. The summed E-state index contributed by atoms with van der Waals surface area (Å²) >= 11 is 0.